The number of carbonyl (C=O) groups is 5. The molecule has 38 heavy (non-hydrogen) atoms. The van der Waals surface area contributed by atoms with Crippen molar-refractivity contribution < 1.29 is 38.2 Å². The monoisotopic (exact) mass is 560 g/mol. The maximum atomic E-state index is 12.8. The Morgan fingerprint density at radius 2 is 1.79 bits per heavy atom. The van der Waals surface area contributed by atoms with Crippen LogP contribution in [0.1, 0.15) is 36.2 Å². The Morgan fingerprint density at radius 1 is 1.05 bits per heavy atom. The van der Waals surface area contributed by atoms with Crippen molar-refractivity contribution >= 4 is 64.1 Å². The van der Waals surface area contributed by atoms with Gasteiger partial charge in [0.05, 0.1) is 28.7 Å². The lowest BCUT2D eigenvalue weighted by molar-refractivity contribution is -0.145. The molecule has 0 saturated carbocycles. The van der Waals surface area contributed by atoms with E-state index in [1.165, 1.54) is 24.3 Å². The largest absolute Gasteiger partial charge is 0.482 e. The molecular weight excluding hydrogens is 536 g/mol. The second-order valence-corrected chi connectivity index (χ2v) is 9.21. The fraction of sp³-hybridized carbons (Fsp3) is 0.269. The highest BCUT2D eigenvalue weighted by Gasteiger charge is 2.36. The lowest BCUT2D eigenvalue weighted by Crippen LogP contribution is -2.36. The minimum absolute atomic E-state index is 0.0873. The Balaban J connectivity index is 1.60. The maximum absolute atomic E-state index is 12.8. The number of halogens is 1. The highest BCUT2D eigenvalue weighted by atomic mass is 35.5. The average Bonchev–Trinajstić information content (AvgIpc) is 3.15. The molecule has 1 aliphatic rings. The van der Waals surface area contributed by atoms with Gasteiger partial charge >= 0.3 is 11.9 Å². The van der Waals surface area contributed by atoms with Crippen LogP contribution in [-0.2, 0) is 23.9 Å². The molecule has 1 aliphatic heterocycles. The minimum atomic E-state index is -0.633. The molecule has 0 aliphatic carbocycles. The lowest BCUT2D eigenvalue weighted by Gasteiger charge is -2.13. The van der Waals surface area contributed by atoms with Gasteiger partial charge in [0.1, 0.15) is 12.3 Å². The van der Waals surface area contributed by atoms with Crippen molar-refractivity contribution in [3.05, 3.63) is 63.5 Å². The highest BCUT2D eigenvalue weighted by Crippen LogP contribution is 2.32. The number of amides is 3. The summed E-state index contributed by atoms with van der Waals surface area (Å²) < 4.78 is 15.2. The number of rotatable bonds is 11. The Bertz CT molecular complexity index is 1260. The van der Waals surface area contributed by atoms with E-state index in [-0.39, 0.29) is 41.0 Å². The third-order valence-electron chi connectivity index (χ3n) is 4.92. The zero-order valence-electron chi connectivity index (χ0n) is 20.7. The van der Waals surface area contributed by atoms with Crippen molar-refractivity contribution in [1.29, 1.82) is 0 Å². The molecule has 0 spiro atoms. The van der Waals surface area contributed by atoms with Gasteiger partial charge in [-0.15, -0.1) is 0 Å². The topological polar surface area (TPSA) is 128 Å². The number of imide groups is 1. The van der Waals surface area contributed by atoms with Gasteiger partial charge in [0.2, 0.25) is 5.91 Å². The molecule has 1 N–H and O–H groups in total. The van der Waals surface area contributed by atoms with Crippen molar-refractivity contribution in [3.63, 3.8) is 0 Å². The Kier molecular flexibility index (Phi) is 10.3. The molecule has 0 aromatic heterocycles. The molecule has 200 valence electrons. The van der Waals surface area contributed by atoms with Crippen LogP contribution in [0.4, 0.5) is 10.5 Å². The average molecular weight is 561 g/mol. The number of nitrogens with zero attached hydrogens (tertiary/aromatic N) is 1. The van der Waals surface area contributed by atoms with Gasteiger partial charge in [-0.1, -0.05) is 30.7 Å². The van der Waals surface area contributed by atoms with Gasteiger partial charge in [0.15, 0.2) is 6.61 Å². The molecule has 2 aromatic carbocycles. The zero-order chi connectivity index (χ0) is 27.7. The summed E-state index contributed by atoms with van der Waals surface area (Å²) in [5, 5.41) is 2.13. The van der Waals surface area contributed by atoms with Crippen LogP contribution < -0.4 is 10.1 Å². The first-order valence-corrected chi connectivity index (χ1v) is 12.8. The molecule has 0 atom stereocenters. The third-order valence-corrected chi connectivity index (χ3v) is 6.16. The van der Waals surface area contributed by atoms with Gasteiger partial charge in [-0.05, 0) is 67.1 Å². The number of hydrogen-bond donors (Lipinski definition) is 1. The van der Waals surface area contributed by atoms with Crippen LogP contribution in [0.15, 0.2) is 47.4 Å². The second-order valence-electron chi connectivity index (χ2n) is 7.81. The van der Waals surface area contributed by atoms with E-state index in [1.54, 1.807) is 31.2 Å². The van der Waals surface area contributed by atoms with E-state index in [2.05, 4.69) is 5.32 Å². The lowest BCUT2D eigenvalue weighted by atomic mass is 10.2. The van der Waals surface area contributed by atoms with Gasteiger partial charge < -0.3 is 19.5 Å². The Hall–Kier alpha value is -3.83. The first-order valence-electron chi connectivity index (χ1n) is 11.6. The van der Waals surface area contributed by atoms with Crippen LogP contribution in [0.3, 0.4) is 0 Å². The summed E-state index contributed by atoms with van der Waals surface area (Å²) in [6, 6.07) is 10.8. The molecule has 12 heteroatoms. The van der Waals surface area contributed by atoms with E-state index >= 15 is 0 Å². The summed E-state index contributed by atoms with van der Waals surface area (Å²) in [5.41, 5.74) is 0.965. The van der Waals surface area contributed by atoms with Gasteiger partial charge in [-0.2, -0.15) is 0 Å². The number of ether oxygens (including phenoxy) is 3. The van der Waals surface area contributed by atoms with E-state index in [9.17, 15) is 24.0 Å². The van der Waals surface area contributed by atoms with E-state index in [0.29, 0.717) is 29.5 Å². The fourth-order valence-electron chi connectivity index (χ4n) is 3.17. The summed E-state index contributed by atoms with van der Waals surface area (Å²) >= 11 is 6.78. The number of anilines is 1. The van der Waals surface area contributed by atoms with Crippen LogP contribution in [-0.4, -0.2) is 60.3 Å². The summed E-state index contributed by atoms with van der Waals surface area (Å²) in [6.45, 7) is 3.30. The minimum Gasteiger partial charge on any atom is -0.482 e. The molecule has 1 heterocycles. The van der Waals surface area contributed by atoms with Gasteiger partial charge in [-0.25, -0.2) is 9.59 Å². The molecule has 3 amide bonds. The van der Waals surface area contributed by atoms with Gasteiger partial charge in [-0.3, -0.25) is 19.3 Å². The first-order chi connectivity index (χ1) is 18.2. The van der Waals surface area contributed by atoms with Crippen molar-refractivity contribution in [3.8, 4) is 5.75 Å². The molecule has 0 bridgehead atoms. The number of carbonyl (C=O) groups excluding carboxylic acids is 5. The predicted molar refractivity (Wildman–Crippen MR) is 142 cm³/mol. The first kappa shape index (κ1) is 28.7. The molecule has 10 nitrogen and oxygen atoms in total. The quantitative estimate of drug-likeness (QED) is 0.311. The number of thioether (sulfide) groups is 1. The summed E-state index contributed by atoms with van der Waals surface area (Å²) in [6.07, 6.45) is 2.16. The summed E-state index contributed by atoms with van der Waals surface area (Å²) in [7, 11) is 0. The van der Waals surface area contributed by atoms with Gasteiger partial charge in [0.25, 0.3) is 11.1 Å². The van der Waals surface area contributed by atoms with Crippen LogP contribution >= 0.6 is 23.4 Å². The number of nitrogens with one attached hydrogen (secondary N) is 1. The van der Waals surface area contributed by atoms with Crippen LogP contribution in [0.5, 0.6) is 5.75 Å². The number of esters is 2. The molecule has 0 unspecified atom stereocenters. The molecule has 1 fully saturated rings. The van der Waals surface area contributed by atoms with Crippen LogP contribution in [0.2, 0.25) is 5.02 Å². The maximum Gasteiger partial charge on any atom is 0.344 e. The van der Waals surface area contributed by atoms with Crippen molar-refractivity contribution in [2.75, 3.05) is 31.7 Å². The van der Waals surface area contributed by atoms with Crippen molar-refractivity contribution in [2.45, 2.75) is 20.3 Å². The molecule has 2 aromatic rings. The van der Waals surface area contributed by atoms with E-state index in [1.807, 2.05) is 6.92 Å². The standard InChI is InChI=1S/C26H25ClN2O8S/c1-3-11-36-25(33)19-13-17(7-10-20(19)27)28-22(30)14-29-24(32)21(38-26(29)34)12-16-5-8-18(9-6-16)37-15-23(31)35-4-2/h5-10,12-13H,3-4,11,14-15H2,1-2H3,(H,28,30)/b21-12-. The molecular formula is C26H25ClN2O8S. The zero-order valence-corrected chi connectivity index (χ0v) is 22.2. The predicted octanol–water partition coefficient (Wildman–Crippen LogP) is 4.52. The van der Waals surface area contributed by atoms with Crippen molar-refractivity contribution in [1.82, 2.24) is 4.90 Å². The van der Waals surface area contributed by atoms with E-state index in [0.717, 1.165) is 4.90 Å². The summed E-state index contributed by atoms with van der Waals surface area (Å²) in [5.74, 6) is -1.92. The van der Waals surface area contributed by atoms with Crippen LogP contribution in [0.25, 0.3) is 6.08 Å². The Labute approximate surface area is 228 Å². The molecule has 3 rings (SSSR count). The molecule has 1 saturated heterocycles. The highest BCUT2D eigenvalue weighted by molar-refractivity contribution is 8.18. The SMILES string of the molecule is CCCOC(=O)c1cc(NC(=O)CN2C(=O)S/C(=C\c3ccc(OCC(=O)OCC)cc3)C2=O)ccc1Cl. The number of hydrogen-bond acceptors (Lipinski definition) is 9. The Morgan fingerprint density at radius 3 is 2.47 bits per heavy atom. The smallest absolute Gasteiger partial charge is 0.344 e. The normalized spacial score (nSPS) is 14.0. The molecule has 0 radical (unpaired) electrons. The van der Waals surface area contributed by atoms with Crippen molar-refractivity contribution in [2.24, 2.45) is 0 Å². The van der Waals surface area contributed by atoms with Gasteiger partial charge in [0, 0.05) is 5.69 Å². The second kappa shape index (κ2) is 13.6. The summed E-state index contributed by atoms with van der Waals surface area (Å²) in [4.78, 5) is 62.3. The van der Waals surface area contributed by atoms with E-state index in [4.69, 9.17) is 25.8 Å². The number of benzene rings is 2. The van der Waals surface area contributed by atoms with E-state index < -0.39 is 35.5 Å². The fourth-order valence-corrected chi connectivity index (χ4v) is 4.20. The van der Waals surface area contributed by atoms with Crippen LogP contribution in [0, 0.1) is 0 Å². The third kappa shape index (κ3) is 7.83.